The molecule has 0 aliphatic carbocycles. The van der Waals surface area contributed by atoms with Crippen molar-refractivity contribution in [3.8, 4) is 17.1 Å². The molecule has 0 fully saturated rings. The van der Waals surface area contributed by atoms with Gasteiger partial charge < -0.3 is 5.32 Å². The lowest BCUT2D eigenvalue weighted by Crippen LogP contribution is -2.07. The first kappa shape index (κ1) is 19.6. The number of nitrogens with one attached hydrogen (secondary N) is 1. The minimum Gasteiger partial charge on any atom is -0.366 e. The molecule has 3 aromatic heterocycles. The van der Waals surface area contributed by atoms with Gasteiger partial charge in [-0.15, -0.1) is 0 Å². The van der Waals surface area contributed by atoms with E-state index in [4.69, 9.17) is 0 Å². The summed E-state index contributed by atoms with van der Waals surface area (Å²) in [6.45, 7) is 2.39. The lowest BCUT2D eigenvalue weighted by atomic mass is 10.2. The van der Waals surface area contributed by atoms with Gasteiger partial charge in [0.1, 0.15) is 5.82 Å². The van der Waals surface area contributed by atoms with E-state index in [2.05, 4.69) is 25.4 Å². The van der Waals surface area contributed by atoms with Gasteiger partial charge in [0.05, 0.1) is 5.69 Å². The quantitative estimate of drug-likeness (QED) is 0.518. The summed E-state index contributed by atoms with van der Waals surface area (Å²) in [5, 5.41) is 6.84. The Hall–Kier alpha value is -3.75. The Balaban J connectivity index is 1.46. The van der Waals surface area contributed by atoms with Gasteiger partial charge in [0.15, 0.2) is 11.5 Å². The Morgan fingerprint density at radius 3 is 2.37 bits per heavy atom. The van der Waals surface area contributed by atoms with Crippen LogP contribution in [-0.2, 0) is 12.7 Å². The van der Waals surface area contributed by atoms with Gasteiger partial charge in [0.2, 0.25) is 0 Å². The number of rotatable bonds is 5. The van der Waals surface area contributed by atoms with Crippen LogP contribution in [0.2, 0.25) is 0 Å². The largest absolute Gasteiger partial charge is 0.435 e. The summed E-state index contributed by atoms with van der Waals surface area (Å²) in [6, 6.07) is 13.6. The Labute approximate surface area is 170 Å². The van der Waals surface area contributed by atoms with Gasteiger partial charge in [0.25, 0.3) is 0 Å². The first-order valence-corrected chi connectivity index (χ1v) is 9.11. The van der Waals surface area contributed by atoms with Crippen LogP contribution in [-0.4, -0.2) is 24.7 Å². The number of benzene rings is 1. The molecule has 4 rings (SSSR count). The highest BCUT2D eigenvalue weighted by Crippen LogP contribution is 2.28. The molecule has 0 bridgehead atoms. The van der Waals surface area contributed by atoms with E-state index in [0.29, 0.717) is 23.9 Å². The number of hydrogen-bond donors (Lipinski definition) is 1. The SMILES string of the molecule is Cc1cc(NCc2ccc(-n3ccc(C(F)(F)F)n3)cc2)nc(-c2ccncc2)n1. The highest BCUT2D eigenvalue weighted by atomic mass is 19.4. The van der Waals surface area contributed by atoms with Crippen LogP contribution in [0.1, 0.15) is 17.0 Å². The predicted molar refractivity (Wildman–Crippen MR) is 106 cm³/mol. The van der Waals surface area contributed by atoms with Crippen LogP contribution >= 0.6 is 0 Å². The molecule has 0 amide bonds. The van der Waals surface area contributed by atoms with Crippen molar-refractivity contribution in [2.75, 3.05) is 5.32 Å². The summed E-state index contributed by atoms with van der Waals surface area (Å²) in [7, 11) is 0. The number of aromatic nitrogens is 5. The van der Waals surface area contributed by atoms with Crippen molar-refractivity contribution >= 4 is 5.82 Å². The number of nitrogens with zero attached hydrogens (tertiary/aromatic N) is 5. The third-order valence-corrected chi connectivity index (χ3v) is 4.35. The topological polar surface area (TPSA) is 68.5 Å². The Bertz CT molecular complexity index is 1140. The summed E-state index contributed by atoms with van der Waals surface area (Å²) >= 11 is 0. The van der Waals surface area contributed by atoms with Crippen molar-refractivity contribution in [2.45, 2.75) is 19.6 Å². The molecule has 30 heavy (non-hydrogen) atoms. The lowest BCUT2D eigenvalue weighted by molar-refractivity contribution is -0.141. The Morgan fingerprint density at radius 2 is 1.70 bits per heavy atom. The van der Waals surface area contributed by atoms with Gasteiger partial charge in [-0.3, -0.25) is 4.98 Å². The average Bonchev–Trinajstić information content (AvgIpc) is 3.24. The molecule has 0 radical (unpaired) electrons. The minimum atomic E-state index is -4.46. The molecule has 9 heteroatoms. The van der Waals surface area contributed by atoms with Crippen molar-refractivity contribution in [3.63, 3.8) is 0 Å². The molecular formula is C21H17F3N6. The van der Waals surface area contributed by atoms with E-state index in [-0.39, 0.29) is 0 Å². The van der Waals surface area contributed by atoms with Crippen molar-refractivity contribution in [2.24, 2.45) is 0 Å². The van der Waals surface area contributed by atoms with Gasteiger partial charge in [-0.1, -0.05) is 12.1 Å². The van der Waals surface area contributed by atoms with Crippen molar-refractivity contribution < 1.29 is 13.2 Å². The fraction of sp³-hybridized carbons (Fsp3) is 0.143. The van der Waals surface area contributed by atoms with Gasteiger partial charge in [-0.2, -0.15) is 18.3 Å². The van der Waals surface area contributed by atoms with Crippen LogP contribution < -0.4 is 5.32 Å². The fourth-order valence-electron chi connectivity index (χ4n) is 2.87. The van der Waals surface area contributed by atoms with Crippen molar-refractivity contribution in [1.29, 1.82) is 0 Å². The van der Waals surface area contributed by atoms with E-state index in [1.807, 2.05) is 37.3 Å². The van der Waals surface area contributed by atoms with E-state index in [0.717, 1.165) is 22.9 Å². The van der Waals surface area contributed by atoms with Crippen LogP contribution in [0.5, 0.6) is 0 Å². The second kappa shape index (κ2) is 7.94. The number of hydrogen-bond acceptors (Lipinski definition) is 5. The smallest absolute Gasteiger partial charge is 0.366 e. The van der Waals surface area contributed by atoms with Crippen molar-refractivity contribution in [3.05, 3.63) is 84.1 Å². The normalized spacial score (nSPS) is 11.5. The molecule has 4 aromatic rings. The van der Waals surface area contributed by atoms with Crippen LogP contribution in [0.15, 0.2) is 67.1 Å². The molecular weight excluding hydrogens is 393 g/mol. The first-order valence-electron chi connectivity index (χ1n) is 9.11. The summed E-state index contributed by atoms with van der Waals surface area (Å²) in [4.78, 5) is 13.0. The molecule has 0 aliphatic rings. The molecule has 0 saturated carbocycles. The van der Waals surface area contributed by atoms with Gasteiger partial charge in [-0.05, 0) is 42.8 Å². The zero-order chi connectivity index (χ0) is 21.1. The van der Waals surface area contributed by atoms with E-state index < -0.39 is 11.9 Å². The zero-order valence-electron chi connectivity index (χ0n) is 15.9. The van der Waals surface area contributed by atoms with Crippen molar-refractivity contribution in [1.82, 2.24) is 24.7 Å². The molecule has 1 N–H and O–H groups in total. The van der Waals surface area contributed by atoms with Crippen LogP contribution in [0.25, 0.3) is 17.1 Å². The summed E-state index contributed by atoms with van der Waals surface area (Å²) in [6.07, 6.45) is 0.209. The first-order chi connectivity index (χ1) is 14.4. The predicted octanol–water partition coefficient (Wildman–Crippen LogP) is 4.66. The Kier molecular flexibility index (Phi) is 5.18. The molecule has 3 heterocycles. The van der Waals surface area contributed by atoms with E-state index >= 15 is 0 Å². The third kappa shape index (κ3) is 4.45. The number of anilines is 1. The standard InChI is InChI=1S/C21H17F3N6/c1-14-12-19(28-20(27-14)16-6-9-25-10-7-16)26-13-15-2-4-17(5-3-15)30-11-8-18(29-30)21(22,23)24/h2-12H,13H2,1H3,(H,26,27,28). The monoisotopic (exact) mass is 410 g/mol. The van der Waals surface area contributed by atoms with Crippen LogP contribution in [0, 0.1) is 6.92 Å². The maximum Gasteiger partial charge on any atom is 0.435 e. The Morgan fingerprint density at radius 1 is 0.967 bits per heavy atom. The highest BCUT2D eigenvalue weighted by Gasteiger charge is 2.33. The van der Waals surface area contributed by atoms with Gasteiger partial charge >= 0.3 is 6.18 Å². The van der Waals surface area contributed by atoms with E-state index in [1.165, 1.54) is 10.9 Å². The second-order valence-electron chi connectivity index (χ2n) is 6.62. The molecule has 0 saturated heterocycles. The van der Waals surface area contributed by atoms with Crippen LogP contribution in [0.3, 0.4) is 0 Å². The highest BCUT2D eigenvalue weighted by molar-refractivity contribution is 5.56. The van der Waals surface area contributed by atoms with E-state index in [9.17, 15) is 13.2 Å². The molecule has 0 atom stereocenters. The molecule has 1 aromatic carbocycles. The molecule has 0 unspecified atom stereocenters. The number of pyridine rings is 1. The summed E-state index contributed by atoms with van der Waals surface area (Å²) in [5.74, 6) is 1.29. The van der Waals surface area contributed by atoms with Crippen LogP contribution in [0.4, 0.5) is 19.0 Å². The number of aryl methyl sites for hydroxylation is 1. The summed E-state index contributed by atoms with van der Waals surface area (Å²) < 4.78 is 39.3. The van der Waals surface area contributed by atoms with E-state index in [1.54, 1.807) is 24.5 Å². The fourth-order valence-corrected chi connectivity index (χ4v) is 2.87. The maximum atomic E-state index is 12.7. The lowest BCUT2D eigenvalue weighted by Gasteiger charge is -2.09. The average molecular weight is 410 g/mol. The van der Waals surface area contributed by atoms with Gasteiger partial charge in [0, 0.05) is 42.5 Å². The summed E-state index contributed by atoms with van der Waals surface area (Å²) in [5.41, 5.74) is 2.28. The molecule has 0 spiro atoms. The zero-order valence-corrected chi connectivity index (χ0v) is 15.9. The third-order valence-electron chi connectivity index (χ3n) is 4.35. The molecule has 6 nitrogen and oxygen atoms in total. The molecule has 0 aliphatic heterocycles. The number of halogens is 3. The maximum absolute atomic E-state index is 12.7. The number of alkyl halides is 3. The molecule has 152 valence electrons. The minimum absolute atomic E-state index is 0.499. The second-order valence-corrected chi connectivity index (χ2v) is 6.62. The van der Waals surface area contributed by atoms with Gasteiger partial charge in [-0.25, -0.2) is 14.6 Å².